The van der Waals surface area contributed by atoms with Gasteiger partial charge in [-0.25, -0.2) is 9.18 Å². The fourth-order valence-corrected chi connectivity index (χ4v) is 4.70. The van der Waals surface area contributed by atoms with Gasteiger partial charge in [-0.3, -0.25) is 9.69 Å². The number of carbonyl (C=O) groups is 2. The first-order valence-corrected chi connectivity index (χ1v) is 9.59. The van der Waals surface area contributed by atoms with Gasteiger partial charge in [-0.15, -0.1) is 0 Å². The number of nitrogens with zero attached hydrogens (tertiary/aromatic N) is 1. The molecule has 0 aromatic heterocycles. The Kier molecular flexibility index (Phi) is 5.10. The predicted molar refractivity (Wildman–Crippen MR) is 95.6 cm³/mol. The molecule has 1 saturated carbocycles. The molecule has 4 atom stereocenters. The number of piperidine rings is 1. The number of rotatable bonds is 5. The number of urea groups is 1. The first kappa shape index (κ1) is 20.2. The lowest BCUT2D eigenvalue weighted by Crippen LogP contribution is -2.45. The molecule has 0 spiro atoms. The van der Waals surface area contributed by atoms with Crippen LogP contribution in [0, 0.1) is 23.6 Å². The second-order valence-electron chi connectivity index (χ2n) is 7.78. The van der Waals surface area contributed by atoms with E-state index in [-0.39, 0.29) is 42.4 Å². The zero-order valence-electron chi connectivity index (χ0n) is 15.1. The van der Waals surface area contributed by atoms with Gasteiger partial charge in [-0.1, -0.05) is 17.7 Å². The summed E-state index contributed by atoms with van der Waals surface area (Å²) in [5, 5.41) is 7.78. The van der Waals surface area contributed by atoms with Crippen LogP contribution >= 0.6 is 11.6 Å². The number of nitrogens with one attached hydrogen (secondary N) is 3. The number of fused-ring (bicyclic) bond motifs is 1. The van der Waals surface area contributed by atoms with Crippen LogP contribution < -0.4 is 16.0 Å². The van der Waals surface area contributed by atoms with Crippen molar-refractivity contribution in [3.05, 3.63) is 34.6 Å². The Morgan fingerprint density at radius 2 is 2.00 bits per heavy atom. The van der Waals surface area contributed by atoms with E-state index in [1.807, 2.05) is 0 Å². The van der Waals surface area contributed by atoms with Crippen molar-refractivity contribution >= 4 is 23.5 Å². The lowest BCUT2D eigenvalue weighted by molar-refractivity contribution is -0.145. The molecule has 3 amide bonds. The van der Waals surface area contributed by atoms with E-state index in [4.69, 9.17) is 11.6 Å². The summed E-state index contributed by atoms with van der Waals surface area (Å²) in [6.45, 7) is -0.236. The maximum absolute atomic E-state index is 13.6. The molecule has 2 heterocycles. The van der Waals surface area contributed by atoms with E-state index in [0.717, 1.165) is 0 Å². The van der Waals surface area contributed by atoms with E-state index in [2.05, 4.69) is 16.0 Å². The van der Waals surface area contributed by atoms with Gasteiger partial charge < -0.3 is 16.0 Å². The maximum Gasteiger partial charge on any atom is 0.401 e. The van der Waals surface area contributed by atoms with E-state index >= 15 is 0 Å². The number of alkyl halides is 3. The number of hydrogen-bond donors (Lipinski definition) is 3. The Morgan fingerprint density at radius 1 is 1.31 bits per heavy atom. The van der Waals surface area contributed by atoms with Crippen LogP contribution in [0.2, 0.25) is 5.02 Å². The highest BCUT2D eigenvalue weighted by atomic mass is 35.5. The summed E-state index contributed by atoms with van der Waals surface area (Å²) in [5.41, 5.74) is 0.587. The zero-order valence-corrected chi connectivity index (χ0v) is 15.9. The number of benzene rings is 1. The average molecular weight is 435 g/mol. The first-order valence-electron chi connectivity index (χ1n) is 9.21. The van der Waals surface area contributed by atoms with E-state index < -0.39 is 42.6 Å². The minimum absolute atomic E-state index is 0.00257. The van der Waals surface area contributed by atoms with Gasteiger partial charge in [0.15, 0.2) is 0 Å². The topological polar surface area (TPSA) is 73.5 Å². The van der Waals surface area contributed by atoms with Crippen molar-refractivity contribution in [3.63, 3.8) is 0 Å². The maximum atomic E-state index is 13.6. The van der Waals surface area contributed by atoms with Crippen molar-refractivity contribution in [2.24, 2.45) is 17.8 Å². The van der Waals surface area contributed by atoms with Crippen molar-refractivity contribution in [2.75, 3.05) is 26.2 Å². The summed E-state index contributed by atoms with van der Waals surface area (Å²) in [7, 11) is 0. The van der Waals surface area contributed by atoms with Gasteiger partial charge in [0.1, 0.15) is 11.9 Å². The third kappa shape index (κ3) is 4.28. The molecule has 3 N–H and O–H groups in total. The number of halogens is 5. The van der Waals surface area contributed by atoms with Gasteiger partial charge in [0.25, 0.3) is 0 Å². The van der Waals surface area contributed by atoms with Crippen LogP contribution in [0.3, 0.4) is 0 Å². The molecule has 3 fully saturated rings. The standard InChI is InChI=1S/C18H19ClF4N4O2/c19-11-3-8(1-2-12(11)20)15(26-16(28)13-4-24-17(29)25-13)14-9-5-27(6-10(9)14)7-18(21,22)23/h1-3,9-10,13-15H,4-7H2,(H,26,28)(H2,24,25,29)/t9?,10?,13-,14?,15?/m0/s1. The van der Waals surface area contributed by atoms with Crippen LogP contribution in [0.5, 0.6) is 0 Å². The Morgan fingerprint density at radius 3 is 2.55 bits per heavy atom. The molecule has 158 valence electrons. The molecular weight excluding hydrogens is 416 g/mol. The molecule has 0 bridgehead atoms. The monoisotopic (exact) mass is 434 g/mol. The summed E-state index contributed by atoms with van der Waals surface area (Å²) in [6.07, 6.45) is -4.25. The van der Waals surface area contributed by atoms with Gasteiger partial charge >= 0.3 is 12.2 Å². The Balaban J connectivity index is 1.49. The summed E-state index contributed by atoms with van der Waals surface area (Å²) >= 11 is 5.89. The Bertz CT molecular complexity index is 825. The van der Waals surface area contributed by atoms with Gasteiger partial charge in [-0.05, 0) is 35.4 Å². The van der Waals surface area contributed by atoms with Gasteiger partial charge in [0, 0.05) is 19.6 Å². The number of likely N-dealkylation sites (tertiary alicyclic amines) is 1. The highest BCUT2D eigenvalue weighted by molar-refractivity contribution is 6.30. The van der Waals surface area contributed by atoms with Crippen LogP contribution in [-0.4, -0.2) is 55.2 Å². The molecule has 11 heteroatoms. The first-order chi connectivity index (χ1) is 13.6. The van der Waals surface area contributed by atoms with Gasteiger partial charge in [-0.2, -0.15) is 13.2 Å². The minimum Gasteiger partial charge on any atom is -0.347 e. The molecule has 1 aliphatic carbocycles. The molecule has 6 nitrogen and oxygen atoms in total. The minimum atomic E-state index is -4.25. The highest BCUT2D eigenvalue weighted by Crippen LogP contribution is 2.57. The van der Waals surface area contributed by atoms with Crippen LogP contribution in [0.1, 0.15) is 11.6 Å². The van der Waals surface area contributed by atoms with Crippen molar-refractivity contribution in [1.29, 1.82) is 0 Å². The number of carbonyl (C=O) groups excluding carboxylic acids is 2. The Hall–Kier alpha value is -2.07. The molecule has 29 heavy (non-hydrogen) atoms. The second-order valence-corrected chi connectivity index (χ2v) is 8.19. The zero-order chi connectivity index (χ0) is 20.9. The summed E-state index contributed by atoms with van der Waals surface area (Å²) < 4.78 is 51.5. The molecule has 0 radical (unpaired) electrons. The fourth-order valence-electron chi connectivity index (χ4n) is 4.51. The van der Waals surface area contributed by atoms with E-state index in [1.165, 1.54) is 23.1 Å². The molecule has 1 aromatic carbocycles. The third-order valence-corrected chi connectivity index (χ3v) is 6.10. The number of hydrogen-bond acceptors (Lipinski definition) is 3. The molecular formula is C18H19ClF4N4O2. The van der Waals surface area contributed by atoms with E-state index in [1.54, 1.807) is 0 Å². The lowest BCUT2D eigenvalue weighted by Gasteiger charge is -2.26. The fraction of sp³-hybridized carbons (Fsp3) is 0.556. The largest absolute Gasteiger partial charge is 0.401 e. The summed E-state index contributed by atoms with van der Waals surface area (Å²) in [6, 6.07) is 2.41. The van der Waals surface area contributed by atoms with E-state index in [0.29, 0.717) is 5.56 Å². The van der Waals surface area contributed by atoms with Crippen molar-refractivity contribution < 1.29 is 27.2 Å². The van der Waals surface area contributed by atoms with Crippen LogP contribution in [0.15, 0.2) is 18.2 Å². The molecule has 1 aromatic rings. The predicted octanol–water partition coefficient (Wildman–Crippen LogP) is 2.06. The smallest absolute Gasteiger partial charge is 0.347 e. The Labute approximate surface area is 168 Å². The van der Waals surface area contributed by atoms with Crippen molar-refractivity contribution in [3.8, 4) is 0 Å². The van der Waals surface area contributed by atoms with Crippen LogP contribution in [0.4, 0.5) is 22.4 Å². The molecule has 2 aliphatic heterocycles. The van der Waals surface area contributed by atoms with Crippen LogP contribution in [0.25, 0.3) is 0 Å². The normalized spacial score (nSPS) is 29.8. The lowest BCUT2D eigenvalue weighted by atomic mass is 9.98. The van der Waals surface area contributed by atoms with Crippen molar-refractivity contribution in [1.82, 2.24) is 20.9 Å². The molecule has 2 saturated heterocycles. The molecule has 3 unspecified atom stereocenters. The second kappa shape index (κ2) is 7.32. The SMILES string of the molecule is O=C1NC[C@@H](C(=O)NC(c2ccc(F)c(Cl)c2)C2C3CN(CC(F)(F)F)CC32)N1. The van der Waals surface area contributed by atoms with E-state index in [9.17, 15) is 27.2 Å². The van der Waals surface area contributed by atoms with Gasteiger partial charge in [0.2, 0.25) is 5.91 Å². The van der Waals surface area contributed by atoms with Crippen molar-refractivity contribution in [2.45, 2.75) is 18.3 Å². The summed E-state index contributed by atoms with van der Waals surface area (Å²) in [4.78, 5) is 25.3. The quantitative estimate of drug-likeness (QED) is 0.621. The molecule has 4 rings (SSSR count). The van der Waals surface area contributed by atoms with Crippen LogP contribution in [-0.2, 0) is 4.79 Å². The number of amides is 3. The summed E-state index contributed by atoms with van der Waals surface area (Å²) in [5.74, 6) is -1.08. The average Bonchev–Trinajstić information content (AvgIpc) is 2.95. The third-order valence-electron chi connectivity index (χ3n) is 5.81. The molecule has 3 aliphatic rings. The van der Waals surface area contributed by atoms with Gasteiger partial charge in [0.05, 0.1) is 17.6 Å². The highest BCUT2D eigenvalue weighted by Gasteiger charge is 2.60.